The second kappa shape index (κ2) is 5.66. The quantitative estimate of drug-likeness (QED) is 0.913. The van der Waals surface area contributed by atoms with Gasteiger partial charge in [0.15, 0.2) is 0 Å². The van der Waals surface area contributed by atoms with Crippen molar-refractivity contribution in [3.05, 3.63) is 71.8 Å². The predicted octanol–water partition coefficient (Wildman–Crippen LogP) is 3.80. The molecule has 0 radical (unpaired) electrons. The maximum absolute atomic E-state index is 12.5. The summed E-state index contributed by atoms with van der Waals surface area (Å²) in [6.45, 7) is 4.68. The van der Waals surface area contributed by atoms with Crippen molar-refractivity contribution < 1.29 is 4.79 Å². The molecule has 2 amide bonds. The van der Waals surface area contributed by atoms with Crippen molar-refractivity contribution in [2.45, 2.75) is 25.2 Å². The van der Waals surface area contributed by atoms with E-state index in [-0.39, 0.29) is 11.4 Å². The Labute approximate surface area is 143 Å². The van der Waals surface area contributed by atoms with Crippen molar-refractivity contribution in [3.63, 3.8) is 0 Å². The molecular formula is C21H24N2O. The van der Waals surface area contributed by atoms with E-state index in [2.05, 4.69) is 60.8 Å². The molecule has 124 valence electrons. The summed E-state index contributed by atoms with van der Waals surface area (Å²) in [6, 6.07) is 20.9. The summed E-state index contributed by atoms with van der Waals surface area (Å²) in [5.41, 5.74) is 2.71. The third-order valence-corrected chi connectivity index (χ3v) is 5.71. The summed E-state index contributed by atoms with van der Waals surface area (Å²) < 4.78 is 0. The van der Waals surface area contributed by atoms with Crippen molar-refractivity contribution >= 4 is 6.03 Å². The monoisotopic (exact) mass is 320 g/mol. The fourth-order valence-corrected chi connectivity index (χ4v) is 3.75. The Morgan fingerprint density at radius 1 is 1.00 bits per heavy atom. The molecule has 2 aromatic carbocycles. The number of nitrogens with one attached hydrogen (secondary N) is 1. The van der Waals surface area contributed by atoms with Crippen molar-refractivity contribution in [3.8, 4) is 0 Å². The molecule has 1 spiro atoms. The maximum Gasteiger partial charge on any atom is 0.317 e. The van der Waals surface area contributed by atoms with Crippen LogP contribution in [0.15, 0.2) is 60.7 Å². The molecule has 0 aromatic heterocycles. The lowest BCUT2D eigenvalue weighted by Crippen LogP contribution is -2.56. The van der Waals surface area contributed by atoms with Gasteiger partial charge in [0.2, 0.25) is 0 Å². The van der Waals surface area contributed by atoms with Gasteiger partial charge in [-0.3, -0.25) is 0 Å². The van der Waals surface area contributed by atoms with Crippen LogP contribution in [0.2, 0.25) is 0 Å². The Balaban J connectivity index is 1.51. The zero-order valence-electron chi connectivity index (χ0n) is 14.2. The standard InChI is InChI=1S/C21H24N2O/c1-20(17-8-4-2-5-9-17,18-10-6-3-7-11-18)14-22-19(24)23-15-21(16-23)12-13-21/h2-11H,12-16H2,1H3,(H,22,24). The first kappa shape index (κ1) is 15.3. The van der Waals surface area contributed by atoms with Gasteiger partial charge in [-0.25, -0.2) is 4.79 Å². The van der Waals surface area contributed by atoms with Crippen LogP contribution in [0.3, 0.4) is 0 Å². The maximum atomic E-state index is 12.5. The summed E-state index contributed by atoms with van der Waals surface area (Å²) in [5.74, 6) is 0. The van der Waals surface area contributed by atoms with E-state index >= 15 is 0 Å². The van der Waals surface area contributed by atoms with Crippen molar-refractivity contribution in [1.29, 1.82) is 0 Å². The van der Waals surface area contributed by atoms with E-state index in [1.165, 1.54) is 24.0 Å². The van der Waals surface area contributed by atoms with E-state index in [9.17, 15) is 4.79 Å². The molecule has 0 bridgehead atoms. The predicted molar refractivity (Wildman–Crippen MR) is 96.0 cm³/mol. The van der Waals surface area contributed by atoms with Crippen LogP contribution in [0.25, 0.3) is 0 Å². The molecule has 2 aliphatic rings. The van der Waals surface area contributed by atoms with Crippen LogP contribution in [0, 0.1) is 5.41 Å². The number of urea groups is 1. The molecule has 3 nitrogen and oxygen atoms in total. The summed E-state index contributed by atoms with van der Waals surface area (Å²) in [7, 11) is 0. The number of nitrogens with zero attached hydrogens (tertiary/aromatic N) is 1. The number of benzene rings is 2. The first-order valence-electron chi connectivity index (χ1n) is 8.75. The molecule has 1 aliphatic carbocycles. The highest BCUT2D eigenvalue weighted by Crippen LogP contribution is 2.52. The second-order valence-electron chi connectivity index (χ2n) is 7.58. The SMILES string of the molecule is CC(CNC(=O)N1CC2(CC2)C1)(c1ccccc1)c1ccccc1. The molecule has 0 unspecified atom stereocenters. The lowest BCUT2D eigenvalue weighted by Gasteiger charge is -2.41. The van der Waals surface area contributed by atoms with Gasteiger partial charge in [0.05, 0.1) is 0 Å². The Hall–Kier alpha value is -2.29. The van der Waals surface area contributed by atoms with Gasteiger partial charge in [-0.05, 0) is 30.9 Å². The van der Waals surface area contributed by atoms with Crippen molar-refractivity contribution in [1.82, 2.24) is 10.2 Å². The van der Waals surface area contributed by atoms with Gasteiger partial charge in [-0.2, -0.15) is 0 Å². The molecule has 1 saturated carbocycles. The van der Waals surface area contributed by atoms with Gasteiger partial charge in [0.25, 0.3) is 0 Å². The van der Waals surface area contributed by atoms with Crippen LogP contribution in [0.1, 0.15) is 30.9 Å². The zero-order valence-corrected chi connectivity index (χ0v) is 14.2. The van der Waals surface area contributed by atoms with Gasteiger partial charge >= 0.3 is 6.03 Å². The molecule has 3 heteroatoms. The van der Waals surface area contributed by atoms with Gasteiger partial charge in [-0.1, -0.05) is 60.7 Å². The Kier molecular flexibility index (Phi) is 3.60. The third kappa shape index (κ3) is 2.68. The number of hydrogen-bond donors (Lipinski definition) is 1. The molecule has 2 fully saturated rings. The Bertz CT molecular complexity index is 675. The third-order valence-electron chi connectivity index (χ3n) is 5.71. The average molecular weight is 320 g/mol. The van der Waals surface area contributed by atoms with Gasteiger partial charge in [0, 0.05) is 30.5 Å². The van der Waals surface area contributed by atoms with E-state index in [4.69, 9.17) is 0 Å². The lowest BCUT2D eigenvalue weighted by atomic mass is 9.76. The van der Waals surface area contributed by atoms with E-state index in [0.29, 0.717) is 12.0 Å². The molecule has 1 aliphatic heterocycles. The molecule has 1 saturated heterocycles. The van der Waals surface area contributed by atoms with E-state index in [1.807, 2.05) is 17.0 Å². The average Bonchev–Trinajstić information content (AvgIpc) is 3.41. The van der Waals surface area contributed by atoms with Crippen LogP contribution in [-0.2, 0) is 5.41 Å². The highest BCUT2D eigenvalue weighted by molar-refractivity contribution is 5.75. The Morgan fingerprint density at radius 2 is 1.50 bits per heavy atom. The van der Waals surface area contributed by atoms with Gasteiger partial charge < -0.3 is 10.2 Å². The molecule has 0 atom stereocenters. The fourth-order valence-electron chi connectivity index (χ4n) is 3.75. The Morgan fingerprint density at radius 3 is 1.96 bits per heavy atom. The fraction of sp³-hybridized carbons (Fsp3) is 0.381. The zero-order chi connectivity index (χ0) is 16.6. The minimum atomic E-state index is -0.236. The van der Waals surface area contributed by atoms with Crippen LogP contribution < -0.4 is 5.32 Å². The molecule has 4 rings (SSSR count). The first-order chi connectivity index (χ1) is 11.6. The van der Waals surface area contributed by atoms with Crippen molar-refractivity contribution in [2.75, 3.05) is 19.6 Å². The summed E-state index contributed by atoms with van der Waals surface area (Å²) in [5, 5.41) is 3.17. The lowest BCUT2D eigenvalue weighted by molar-refractivity contribution is 0.106. The van der Waals surface area contributed by atoms with E-state index < -0.39 is 0 Å². The number of likely N-dealkylation sites (tertiary alicyclic amines) is 1. The number of rotatable bonds is 4. The highest BCUT2D eigenvalue weighted by Gasteiger charge is 2.53. The molecule has 1 heterocycles. The van der Waals surface area contributed by atoms with Crippen LogP contribution in [0.5, 0.6) is 0 Å². The first-order valence-corrected chi connectivity index (χ1v) is 8.75. The molecule has 1 N–H and O–H groups in total. The number of carbonyl (C=O) groups excluding carboxylic acids is 1. The van der Waals surface area contributed by atoms with Crippen LogP contribution in [0.4, 0.5) is 4.79 Å². The van der Waals surface area contributed by atoms with Crippen LogP contribution >= 0.6 is 0 Å². The summed E-state index contributed by atoms with van der Waals surface area (Å²) in [4.78, 5) is 14.4. The second-order valence-corrected chi connectivity index (χ2v) is 7.58. The number of hydrogen-bond acceptors (Lipinski definition) is 1. The largest absolute Gasteiger partial charge is 0.337 e. The minimum absolute atomic E-state index is 0.0746. The van der Waals surface area contributed by atoms with Gasteiger partial charge in [0.1, 0.15) is 0 Å². The molecule has 24 heavy (non-hydrogen) atoms. The van der Waals surface area contributed by atoms with Crippen LogP contribution in [-0.4, -0.2) is 30.6 Å². The highest BCUT2D eigenvalue weighted by atomic mass is 16.2. The van der Waals surface area contributed by atoms with E-state index in [0.717, 1.165) is 13.1 Å². The smallest absolute Gasteiger partial charge is 0.317 e. The topological polar surface area (TPSA) is 32.3 Å². The summed E-state index contributed by atoms with van der Waals surface area (Å²) in [6.07, 6.45) is 2.59. The minimum Gasteiger partial charge on any atom is -0.337 e. The van der Waals surface area contributed by atoms with E-state index in [1.54, 1.807) is 0 Å². The van der Waals surface area contributed by atoms with Crippen molar-refractivity contribution in [2.24, 2.45) is 5.41 Å². The number of amides is 2. The van der Waals surface area contributed by atoms with Gasteiger partial charge in [-0.15, -0.1) is 0 Å². The molecule has 2 aromatic rings. The normalized spacial score (nSPS) is 18.1. The molecular weight excluding hydrogens is 296 g/mol. The number of carbonyl (C=O) groups is 1. The summed E-state index contributed by atoms with van der Waals surface area (Å²) >= 11 is 0.